The summed E-state index contributed by atoms with van der Waals surface area (Å²) in [5.41, 5.74) is 1.94. The van der Waals surface area contributed by atoms with E-state index in [2.05, 4.69) is 10.5 Å². The Kier molecular flexibility index (Phi) is 8.47. The van der Waals surface area contributed by atoms with E-state index in [0.29, 0.717) is 34.3 Å². The lowest BCUT2D eigenvalue weighted by atomic mass is 9.66. The zero-order valence-corrected chi connectivity index (χ0v) is 22.5. The van der Waals surface area contributed by atoms with Crippen molar-refractivity contribution in [3.8, 4) is 0 Å². The van der Waals surface area contributed by atoms with Crippen molar-refractivity contribution in [1.82, 2.24) is 5.16 Å². The molecule has 4 N–H and O–H groups in total. The third-order valence-corrected chi connectivity index (χ3v) is 8.08. The number of anilines is 1. The van der Waals surface area contributed by atoms with E-state index in [9.17, 15) is 29.7 Å². The minimum atomic E-state index is -0.947. The van der Waals surface area contributed by atoms with E-state index in [4.69, 9.17) is 16.1 Å². The number of benzene rings is 1. The van der Waals surface area contributed by atoms with Gasteiger partial charge in [0.2, 0.25) is 5.91 Å². The van der Waals surface area contributed by atoms with E-state index in [0.717, 1.165) is 37.0 Å². The summed E-state index contributed by atoms with van der Waals surface area (Å²) in [6, 6.07) is 4.88. The molecular formula is C28H35ClN2O7. The van der Waals surface area contributed by atoms with Crippen molar-refractivity contribution in [2.45, 2.75) is 89.6 Å². The van der Waals surface area contributed by atoms with E-state index in [-0.39, 0.29) is 43.6 Å². The van der Waals surface area contributed by atoms with E-state index in [1.165, 1.54) is 0 Å². The summed E-state index contributed by atoms with van der Waals surface area (Å²) in [5, 5.41) is 35.6. The van der Waals surface area contributed by atoms with Crippen LogP contribution in [0.2, 0.25) is 5.02 Å². The molecule has 4 rings (SSSR count). The Morgan fingerprint density at radius 1 is 1.18 bits per heavy atom. The van der Waals surface area contributed by atoms with Crippen LogP contribution in [-0.2, 0) is 21.0 Å². The lowest BCUT2D eigenvalue weighted by Crippen LogP contribution is -2.32. The Bertz CT molecular complexity index is 1200. The Morgan fingerprint density at radius 3 is 2.47 bits per heavy atom. The first-order valence-corrected chi connectivity index (χ1v) is 13.5. The number of amides is 1. The number of halogens is 1. The summed E-state index contributed by atoms with van der Waals surface area (Å²) < 4.78 is 5.87. The number of carbonyl (C=O) groups is 3. The predicted octanol–water partition coefficient (Wildman–Crippen LogP) is 5.67. The molecule has 0 saturated heterocycles. The Hall–Kier alpha value is -2.91. The summed E-state index contributed by atoms with van der Waals surface area (Å²) in [7, 11) is 0. The number of rotatable bonds is 13. The highest BCUT2D eigenvalue weighted by Crippen LogP contribution is 2.53. The monoisotopic (exact) mass is 546 g/mol. The number of carbonyl (C=O) groups excluding carboxylic acids is 1. The van der Waals surface area contributed by atoms with Crippen molar-refractivity contribution in [2.24, 2.45) is 11.3 Å². The molecule has 2 aromatic rings. The molecule has 0 radical (unpaired) electrons. The van der Waals surface area contributed by atoms with Crippen molar-refractivity contribution in [3.05, 3.63) is 45.8 Å². The molecule has 0 unspecified atom stereocenters. The molecule has 1 atom stereocenters. The van der Waals surface area contributed by atoms with Crippen LogP contribution in [0.1, 0.15) is 106 Å². The molecule has 1 amide bonds. The molecule has 0 aliphatic heterocycles. The fourth-order valence-electron chi connectivity index (χ4n) is 5.44. The van der Waals surface area contributed by atoms with Gasteiger partial charge in [-0.05, 0) is 81.9 Å². The predicted molar refractivity (Wildman–Crippen MR) is 140 cm³/mol. The number of aliphatic carboxylic acids is 2. The molecule has 2 saturated carbocycles. The molecule has 2 aliphatic carbocycles. The van der Waals surface area contributed by atoms with Crippen molar-refractivity contribution in [1.29, 1.82) is 0 Å². The van der Waals surface area contributed by atoms with Crippen LogP contribution < -0.4 is 5.32 Å². The van der Waals surface area contributed by atoms with Crippen molar-refractivity contribution in [2.75, 3.05) is 5.32 Å². The van der Waals surface area contributed by atoms with Gasteiger partial charge >= 0.3 is 11.9 Å². The maximum atomic E-state index is 13.0. The van der Waals surface area contributed by atoms with Gasteiger partial charge in [-0.3, -0.25) is 14.4 Å². The standard InChI is InChI=1S/C28H35ClN2O7/c1-28(2,27(36)37)13-16-9-19(10-16)26-24(17-4-5-17)25(31-38-26)18(6-8-23(34)35)12-22(33)30-21-7-3-15(14-32)11-20(21)29/h3,7,11,16-19,32H,4-6,8-10,12-14H2,1-2H3,(H,30,33)(H,34,35)(H,36,37)/t16?,18-,19?/m0/s1. The van der Waals surface area contributed by atoms with Crippen LogP contribution in [0.5, 0.6) is 0 Å². The molecule has 206 valence electrons. The minimum Gasteiger partial charge on any atom is -0.481 e. The van der Waals surface area contributed by atoms with Crippen LogP contribution in [0.3, 0.4) is 0 Å². The van der Waals surface area contributed by atoms with Crippen molar-refractivity contribution in [3.63, 3.8) is 0 Å². The van der Waals surface area contributed by atoms with Crippen LogP contribution >= 0.6 is 11.6 Å². The minimum absolute atomic E-state index is 0.0249. The Morgan fingerprint density at radius 2 is 1.89 bits per heavy atom. The average Bonchev–Trinajstić information content (AvgIpc) is 3.58. The fourth-order valence-corrected chi connectivity index (χ4v) is 5.69. The zero-order valence-electron chi connectivity index (χ0n) is 21.7. The Labute approximate surface area is 226 Å². The number of hydrogen-bond donors (Lipinski definition) is 4. The number of carboxylic acids is 2. The van der Waals surface area contributed by atoms with Crippen molar-refractivity contribution < 1.29 is 34.2 Å². The van der Waals surface area contributed by atoms with Gasteiger partial charge in [0.15, 0.2) is 0 Å². The van der Waals surface area contributed by atoms with Gasteiger partial charge in [-0.15, -0.1) is 0 Å². The van der Waals surface area contributed by atoms with E-state index >= 15 is 0 Å². The molecule has 0 bridgehead atoms. The average molecular weight is 547 g/mol. The van der Waals surface area contributed by atoms with Gasteiger partial charge in [0.25, 0.3) is 0 Å². The first-order chi connectivity index (χ1) is 18.0. The lowest BCUT2D eigenvalue weighted by molar-refractivity contribution is -0.148. The first kappa shape index (κ1) is 28.1. The van der Waals surface area contributed by atoms with Gasteiger partial charge in [-0.1, -0.05) is 22.8 Å². The highest BCUT2D eigenvalue weighted by atomic mass is 35.5. The van der Waals surface area contributed by atoms with Gasteiger partial charge in [-0.2, -0.15) is 0 Å². The van der Waals surface area contributed by atoms with Gasteiger partial charge in [0, 0.05) is 30.2 Å². The number of aliphatic hydroxyl groups is 1. The molecule has 0 spiro atoms. The third-order valence-electron chi connectivity index (χ3n) is 7.77. The molecule has 38 heavy (non-hydrogen) atoms. The SMILES string of the molecule is CC(C)(CC1CC(c2onc([C@@H](CCC(=O)O)CC(=O)Nc3ccc(CO)cc3Cl)c2C2CC2)C1)C(=O)O. The summed E-state index contributed by atoms with van der Waals surface area (Å²) in [6.07, 6.45) is 4.40. The normalized spacial score (nSPS) is 20.0. The van der Waals surface area contributed by atoms with Crippen LogP contribution in [0.4, 0.5) is 5.69 Å². The number of nitrogens with one attached hydrogen (secondary N) is 1. The van der Waals surface area contributed by atoms with Gasteiger partial charge in [0.1, 0.15) is 5.76 Å². The zero-order chi connectivity index (χ0) is 27.6. The fraction of sp³-hybridized carbons (Fsp3) is 0.571. The van der Waals surface area contributed by atoms with Gasteiger partial charge in [0.05, 0.1) is 28.4 Å². The molecular weight excluding hydrogens is 512 g/mol. The summed E-state index contributed by atoms with van der Waals surface area (Å²) in [4.78, 5) is 35.9. The second-order valence-electron chi connectivity index (χ2n) is 11.4. The van der Waals surface area contributed by atoms with Crippen molar-refractivity contribution >= 4 is 35.1 Å². The third kappa shape index (κ3) is 6.56. The number of aliphatic hydroxyl groups excluding tert-OH is 1. The topological polar surface area (TPSA) is 150 Å². The van der Waals surface area contributed by atoms with E-state index < -0.39 is 23.3 Å². The second-order valence-corrected chi connectivity index (χ2v) is 11.8. The summed E-state index contributed by atoms with van der Waals surface area (Å²) >= 11 is 6.25. The first-order valence-electron chi connectivity index (χ1n) is 13.1. The lowest BCUT2D eigenvalue weighted by Gasteiger charge is -2.37. The second kappa shape index (κ2) is 11.5. The van der Waals surface area contributed by atoms with Gasteiger partial charge < -0.3 is 25.2 Å². The molecule has 1 aromatic heterocycles. The maximum Gasteiger partial charge on any atom is 0.309 e. The number of hydrogen-bond acceptors (Lipinski definition) is 6. The molecule has 1 heterocycles. The summed E-state index contributed by atoms with van der Waals surface area (Å²) in [6.45, 7) is 3.33. The quantitative estimate of drug-likeness (QED) is 0.251. The summed E-state index contributed by atoms with van der Waals surface area (Å²) in [5.74, 6) is -0.945. The highest BCUT2D eigenvalue weighted by Gasteiger charge is 2.43. The maximum absolute atomic E-state index is 13.0. The van der Waals surface area contributed by atoms with Crippen LogP contribution in [0, 0.1) is 11.3 Å². The largest absolute Gasteiger partial charge is 0.481 e. The molecule has 2 aliphatic rings. The van der Waals surface area contributed by atoms with E-state index in [1.807, 2.05) is 0 Å². The van der Waals surface area contributed by atoms with Gasteiger partial charge in [-0.25, -0.2) is 0 Å². The number of aromatic nitrogens is 1. The van der Waals surface area contributed by atoms with Crippen LogP contribution in [0.15, 0.2) is 22.7 Å². The molecule has 10 heteroatoms. The molecule has 9 nitrogen and oxygen atoms in total. The highest BCUT2D eigenvalue weighted by molar-refractivity contribution is 6.33. The Balaban J connectivity index is 1.50. The number of nitrogens with zero attached hydrogens (tertiary/aromatic N) is 1. The molecule has 2 fully saturated rings. The smallest absolute Gasteiger partial charge is 0.309 e. The van der Waals surface area contributed by atoms with Crippen LogP contribution in [0.25, 0.3) is 0 Å². The van der Waals surface area contributed by atoms with Crippen LogP contribution in [-0.4, -0.2) is 38.3 Å². The number of carboxylic acid groups (broad SMARTS) is 2. The van der Waals surface area contributed by atoms with E-state index in [1.54, 1.807) is 32.0 Å². The molecule has 1 aromatic carbocycles.